The van der Waals surface area contributed by atoms with E-state index in [1.165, 1.54) is 4.90 Å². The molecule has 0 saturated carbocycles. The number of hydrogen-bond acceptors (Lipinski definition) is 3. The molecule has 1 aliphatic rings. The normalized spacial score (nSPS) is 13.1. The zero-order valence-corrected chi connectivity index (χ0v) is 15.1. The molecule has 1 aliphatic heterocycles. The van der Waals surface area contributed by atoms with E-state index in [1.807, 2.05) is 37.3 Å². The largest absolute Gasteiger partial charge is 0.337 e. The third-order valence-electron chi connectivity index (χ3n) is 4.56. The Hall–Kier alpha value is -2.95. The van der Waals surface area contributed by atoms with Crippen LogP contribution >= 0.6 is 0 Å². The van der Waals surface area contributed by atoms with E-state index in [9.17, 15) is 14.4 Å². The number of nitrogens with zero attached hydrogens (tertiary/aromatic N) is 2. The Labute approximate surface area is 153 Å². The van der Waals surface area contributed by atoms with Crippen LogP contribution in [0, 0.1) is 0 Å². The Morgan fingerprint density at radius 2 is 1.69 bits per heavy atom. The van der Waals surface area contributed by atoms with E-state index in [4.69, 9.17) is 0 Å². The van der Waals surface area contributed by atoms with Crippen molar-refractivity contribution in [1.29, 1.82) is 0 Å². The Morgan fingerprint density at radius 3 is 2.38 bits per heavy atom. The topological polar surface area (TPSA) is 57.7 Å². The maximum Gasteiger partial charge on any atom is 0.261 e. The zero-order chi connectivity index (χ0) is 18.7. The lowest BCUT2D eigenvalue weighted by Gasteiger charge is -2.17. The van der Waals surface area contributed by atoms with Gasteiger partial charge in [-0.05, 0) is 30.2 Å². The molecule has 0 spiro atoms. The van der Waals surface area contributed by atoms with E-state index in [2.05, 4.69) is 0 Å². The number of fused-ring (bicyclic) bond motifs is 1. The van der Waals surface area contributed by atoms with Gasteiger partial charge in [0.05, 0.1) is 11.1 Å². The molecule has 5 heteroatoms. The predicted molar refractivity (Wildman–Crippen MR) is 99.0 cm³/mol. The molecule has 26 heavy (non-hydrogen) atoms. The maximum absolute atomic E-state index is 12.7. The molecule has 0 fully saturated rings. The lowest BCUT2D eigenvalue weighted by molar-refractivity contribution is 0.0652. The molecule has 2 aromatic carbocycles. The van der Waals surface area contributed by atoms with Crippen LogP contribution in [0.1, 0.15) is 56.4 Å². The van der Waals surface area contributed by atoms with Gasteiger partial charge in [0.1, 0.15) is 0 Å². The summed E-state index contributed by atoms with van der Waals surface area (Å²) >= 11 is 0. The van der Waals surface area contributed by atoms with Crippen LogP contribution in [-0.4, -0.2) is 41.1 Å². The molecule has 5 nitrogen and oxygen atoms in total. The number of benzene rings is 2. The first kappa shape index (κ1) is 17.9. The quantitative estimate of drug-likeness (QED) is 0.751. The van der Waals surface area contributed by atoms with Gasteiger partial charge in [0.15, 0.2) is 0 Å². The van der Waals surface area contributed by atoms with Crippen LogP contribution in [0.2, 0.25) is 0 Å². The molecule has 0 saturated heterocycles. The average molecular weight is 350 g/mol. The zero-order valence-electron chi connectivity index (χ0n) is 15.1. The Bertz CT molecular complexity index is 846. The summed E-state index contributed by atoms with van der Waals surface area (Å²) in [5.41, 5.74) is 2.15. The smallest absolute Gasteiger partial charge is 0.261 e. The first-order valence-corrected chi connectivity index (χ1v) is 8.82. The fourth-order valence-electron chi connectivity index (χ4n) is 3.09. The molecular weight excluding hydrogens is 328 g/mol. The molecule has 0 unspecified atom stereocenters. The van der Waals surface area contributed by atoms with Gasteiger partial charge >= 0.3 is 0 Å². The minimum atomic E-state index is -0.307. The summed E-state index contributed by atoms with van der Waals surface area (Å²) in [5.74, 6) is -0.752. The first-order valence-electron chi connectivity index (χ1n) is 8.82. The van der Waals surface area contributed by atoms with Gasteiger partial charge in [0, 0.05) is 25.7 Å². The molecule has 0 bridgehead atoms. The Kier molecular flexibility index (Phi) is 5.16. The molecule has 0 aromatic heterocycles. The van der Waals surface area contributed by atoms with Crippen LogP contribution in [0.4, 0.5) is 0 Å². The van der Waals surface area contributed by atoms with Gasteiger partial charge in [-0.3, -0.25) is 19.3 Å². The number of hydrogen-bond donors (Lipinski definition) is 0. The summed E-state index contributed by atoms with van der Waals surface area (Å²) in [6.45, 7) is 2.91. The second-order valence-electron chi connectivity index (χ2n) is 6.52. The van der Waals surface area contributed by atoms with Crippen molar-refractivity contribution in [2.75, 3.05) is 13.6 Å². The Morgan fingerprint density at radius 1 is 1.00 bits per heavy atom. The monoisotopic (exact) mass is 350 g/mol. The second-order valence-corrected chi connectivity index (χ2v) is 6.52. The van der Waals surface area contributed by atoms with Crippen molar-refractivity contribution in [3.05, 3.63) is 70.8 Å². The van der Waals surface area contributed by atoms with E-state index >= 15 is 0 Å². The standard InChI is InChI=1S/C21H22N2O3/c1-3-4-12-23-20(25)17-11-10-16(13-18(17)21(23)26)19(24)22(2)14-15-8-6-5-7-9-15/h5-11,13H,3-4,12,14H2,1-2H3. The molecule has 3 rings (SSSR count). The van der Waals surface area contributed by atoms with Crippen LogP contribution in [0.5, 0.6) is 0 Å². The third kappa shape index (κ3) is 3.38. The van der Waals surface area contributed by atoms with Crippen molar-refractivity contribution in [3.63, 3.8) is 0 Å². The molecule has 0 radical (unpaired) electrons. The predicted octanol–water partition coefficient (Wildman–Crippen LogP) is 3.35. The van der Waals surface area contributed by atoms with E-state index in [0.717, 1.165) is 18.4 Å². The van der Waals surface area contributed by atoms with Crippen molar-refractivity contribution in [1.82, 2.24) is 9.80 Å². The summed E-state index contributed by atoms with van der Waals surface area (Å²) in [7, 11) is 1.73. The molecule has 1 heterocycles. The summed E-state index contributed by atoms with van der Waals surface area (Å²) in [4.78, 5) is 40.5. The van der Waals surface area contributed by atoms with E-state index in [1.54, 1.807) is 30.1 Å². The number of amides is 3. The molecular formula is C21H22N2O3. The van der Waals surface area contributed by atoms with Crippen molar-refractivity contribution in [3.8, 4) is 0 Å². The molecule has 3 amide bonds. The second kappa shape index (κ2) is 7.52. The first-order chi connectivity index (χ1) is 12.5. The van der Waals surface area contributed by atoms with Gasteiger partial charge in [-0.25, -0.2) is 0 Å². The van der Waals surface area contributed by atoms with Gasteiger partial charge in [0.2, 0.25) is 0 Å². The minimum Gasteiger partial charge on any atom is -0.337 e. The summed E-state index contributed by atoms with van der Waals surface area (Å²) < 4.78 is 0. The van der Waals surface area contributed by atoms with Crippen molar-refractivity contribution < 1.29 is 14.4 Å². The lowest BCUT2D eigenvalue weighted by Crippen LogP contribution is -2.30. The van der Waals surface area contributed by atoms with Gasteiger partial charge in [-0.15, -0.1) is 0 Å². The number of carbonyl (C=O) groups excluding carboxylic acids is 3. The fraction of sp³-hybridized carbons (Fsp3) is 0.286. The van der Waals surface area contributed by atoms with Crippen LogP contribution in [-0.2, 0) is 6.54 Å². The van der Waals surface area contributed by atoms with Gasteiger partial charge in [-0.1, -0.05) is 43.7 Å². The number of imide groups is 1. The summed E-state index contributed by atoms with van der Waals surface area (Å²) in [6, 6.07) is 14.5. The van der Waals surface area contributed by atoms with Gasteiger partial charge in [0.25, 0.3) is 17.7 Å². The number of carbonyl (C=O) groups is 3. The molecule has 0 atom stereocenters. The minimum absolute atomic E-state index is 0.177. The van der Waals surface area contributed by atoms with Gasteiger partial charge < -0.3 is 4.90 Å². The molecule has 0 aliphatic carbocycles. The van der Waals surface area contributed by atoms with Crippen molar-refractivity contribution >= 4 is 17.7 Å². The molecule has 2 aromatic rings. The van der Waals surface area contributed by atoms with Gasteiger partial charge in [-0.2, -0.15) is 0 Å². The Balaban J connectivity index is 1.79. The van der Waals surface area contributed by atoms with Crippen LogP contribution in [0.3, 0.4) is 0 Å². The fourth-order valence-corrected chi connectivity index (χ4v) is 3.09. The molecule has 0 N–H and O–H groups in total. The van der Waals surface area contributed by atoms with Crippen LogP contribution < -0.4 is 0 Å². The number of unbranched alkanes of at least 4 members (excludes halogenated alkanes) is 1. The SMILES string of the molecule is CCCCN1C(=O)c2ccc(C(=O)N(C)Cc3ccccc3)cc2C1=O. The number of rotatable bonds is 6. The highest BCUT2D eigenvalue weighted by atomic mass is 16.2. The summed E-state index contributed by atoms with van der Waals surface area (Å²) in [5, 5.41) is 0. The third-order valence-corrected chi connectivity index (χ3v) is 4.56. The van der Waals surface area contributed by atoms with Crippen molar-refractivity contribution in [2.24, 2.45) is 0 Å². The van der Waals surface area contributed by atoms with E-state index < -0.39 is 0 Å². The van der Waals surface area contributed by atoms with Crippen LogP contribution in [0.25, 0.3) is 0 Å². The highest BCUT2D eigenvalue weighted by Gasteiger charge is 2.35. The van der Waals surface area contributed by atoms with E-state index in [0.29, 0.717) is 29.8 Å². The van der Waals surface area contributed by atoms with E-state index in [-0.39, 0.29) is 17.7 Å². The van der Waals surface area contributed by atoms with Crippen LogP contribution in [0.15, 0.2) is 48.5 Å². The highest BCUT2D eigenvalue weighted by Crippen LogP contribution is 2.25. The molecule has 134 valence electrons. The summed E-state index contributed by atoms with van der Waals surface area (Å²) in [6.07, 6.45) is 1.68. The average Bonchev–Trinajstić information content (AvgIpc) is 2.90. The van der Waals surface area contributed by atoms with Crippen molar-refractivity contribution in [2.45, 2.75) is 26.3 Å². The highest BCUT2D eigenvalue weighted by molar-refractivity contribution is 6.22. The lowest BCUT2D eigenvalue weighted by atomic mass is 10.0. The maximum atomic E-state index is 12.7.